The Morgan fingerprint density at radius 2 is 0.517 bits per heavy atom. The van der Waals surface area contributed by atoms with Crippen LogP contribution >= 0.6 is 11.1 Å². The number of unbranched alkanes of at least 4 members (excludes halogenated alkanes) is 1. The van der Waals surface area contributed by atoms with Gasteiger partial charge >= 0.3 is 139 Å². The largest absolute Gasteiger partial charge is 1.00 e. The molecule has 0 saturated carbocycles. The number of hydrogen-bond donors (Lipinski definition) is 2. The van der Waals surface area contributed by atoms with E-state index in [1.54, 1.807) is 67.2 Å². The number of halogens is 1. The summed E-state index contributed by atoms with van der Waals surface area (Å²) in [4.78, 5) is 217. The first-order valence-electron chi connectivity index (χ1n) is 47.1. The van der Waals surface area contributed by atoms with Crippen LogP contribution in [0, 0.1) is 6.92 Å². The molecule has 50 heteroatoms. The van der Waals surface area contributed by atoms with Crippen LogP contribution in [0.25, 0.3) is 0 Å². The van der Waals surface area contributed by atoms with Crippen molar-refractivity contribution in [1.29, 1.82) is 0 Å². The summed E-state index contributed by atoms with van der Waals surface area (Å²) in [6.45, 7) is 80.5. The summed E-state index contributed by atoms with van der Waals surface area (Å²) in [6.07, 6.45) is -13.4. The van der Waals surface area contributed by atoms with Gasteiger partial charge in [-0.15, -0.1) is 0 Å². The minimum Gasteiger partial charge on any atom is -0.844 e. The Bertz CT molecular complexity index is 3960. The smallest absolute Gasteiger partial charge is 0.844 e. The molecule has 18 atom stereocenters. The summed E-state index contributed by atoms with van der Waals surface area (Å²) in [6, 6.07) is 0. The Kier molecular flexibility index (Phi) is 80.4. The standard InChI is InChI=1S/C26H44O13Si.C23H40O11Si.C17H32O7Si.C6H15ClSi.C6H8O4.C5H10O3.C5H9O3.C4H9.C3H4N2.2Li/c1-13-33-20(27)14(2)34-21(28)15(3)35-22(29)16(4)36-23(30)17(5)37-24(31)18(6)38-25(32)19(7)39-40(11,12)26(8,9)10;1-12-29-18(24)13(2)30-19(25)14(3)31-20(26)15(4)32-21(27)16(5)33-22(28)17(6)34-35(10,11)23(7,8)9;1-10-21-14(18)11(2)22-15(19)12(3)23-16(20)13(4)24-25(8,9)17(5,6)7;1-6(2,3)8(4,5)7;1-3-5(7)10-4(2)6(8)9-3;2*1-3-8-5(7)4(2)6;1-3-4-2;1-2-5-3-4-1;;/h14-19H,13H2,1-12H3;13-17H,12H2,1-11H3;11-13H,10H2,1-9H3;1-5H3;3-4H,1-2H3;4,6H,3H2,1-2H3;4H,3H2,1-2H3;1,3-4H2,2H3;1-3H,(H,4,5);;/q;;;;;;2*-1;;2*+1/t14-,15-,16-,17-,18-,19-;13-,14-,15-,16-,17-;11-,12-,13+;;3-,4-;2*4-;;;;/m000.000..../s1. The predicted octanol–water partition coefficient (Wildman–Crippen LogP) is 6.49. The van der Waals surface area contributed by atoms with E-state index in [4.69, 9.17) is 95.8 Å². The third-order valence-corrected chi connectivity index (χ3v) is 39.5. The summed E-state index contributed by atoms with van der Waals surface area (Å²) in [5, 5.41) is 18.6. The molecule has 832 valence electrons. The third kappa shape index (κ3) is 68.9. The van der Waals surface area contributed by atoms with E-state index in [0.717, 1.165) is 6.42 Å². The van der Waals surface area contributed by atoms with Crippen molar-refractivity contribution in [2.24, 2.45) is 0 Å². The number of H-pyrrole nitrogens is 1. The molecular weight excluding hydrogens is 1990 g/mol. The molecule has 1 fully saturated rings. The van der Waals surface area contributed by atoms with Crippen LogP contribution < -0.4 is 42.8 Å². The minimum atomic E-state index is -2.27. The molecule has 43 nitrogen and oxygen atoms in total. The number of carbonyl (C=O) groups excluding carboxylic acids is 18. The quantitative estimate of drug-likeness (QED) is 0.0234. The number of esters is 18. The zero-order valence-electron chi connectivity index (χ0n) is 94.9. The van der Waals surface area contributed by atoms with Gasteiger partial charge in [0.15, 0.2) is 112 Å². The van der Waals surface area contributed by atoms with E-state index in [1.165, 1.54) is 117 Å². The van der Waals surface area contributed by atoms with Gasteiger partial charge in [-0.2, -0.15) is 17.5 Å². The molecule has 0 radical (unpaired) electrons. The maximum absolute atomic E-state index is 12.4. The van der Waals surface area contributed by atoms with Crippen LogP contribution in [-0.2, 0) is 185 Å². The molecule has 2 rings (SSSR count). The zero-order chi connectivity index (χ0) is 114. The van der Waals surface area contributed by atoms with Crippen molar-refractivity contribution in [1.82, 2.24) is 9.97 Å². The SMILES string of the molecule is CC(C)(C)[Si](C)(C)Cl.CCOC(=O)[C@H](C)O.CCOC(=O)[C@H](C)OC(=O)[C@H](C)OC(=O)[C@@H](C)O[Si](C)(C)C(C)(C)C.CCOC(=O)[C@H](C)OC(=O)[C@H](C)OC(=O)[C@H](C)OC(=O)[C@H](C)OC(=O)[C@H](C)OC(=O)[C@H](C)O[Si](C)(C)C(C)(C)C.CCOC(=O)[C@H](C)OC(=O)[C@H](C)OC(=O)[C@H](C)OC(=O)[C@H](C)OC(=O)[C@H](C)O[Si](C)(C)C(C)(C)C.CCOC(=O)[C@H](C)[O-].C[C@@H]1OC(=O)[C@H](C)OC1=O.[CH2-]CCC.[Li+].[Li+].c1c[nH]cn1. The van der Waals surface area contributed by atoms with Crippen LogP contribution in [0.15, 0.2) is 18.7 Å². The summed E-state index contributed by atoms with van der Waals surface area (Å²) in [5.74, 6) is -14.5. The Balaban J connectivity index is -0.000000226. The fourth-order valence-corrected chi connectivity index (χ4v) is 11.7. The molecule has 2 N–H and O–H groups in total. The molecule has 2 heterocycles. The molecule has 0 unspecified atom stereocenters. The molecule has 0 aromatic carbocycles. The van der Waals surface area contributed by atoms with Crippen LogP contribution in [-0.4, -0.2) is 298 Å². The normalized spacial score (nSPS) is 16.0. The van der Waals surface area contributed by atoms with Crippen molar-refractivity contribution in [3.05, 3.63) is 25.6 Å². The van der Waals surface area contributed by atoms with Gasteiger partial charge in [0.1, 0.15) is 24.4 Å². The molecule has 1 saturated heterocycles. The van der Waals surface area contributed by atoms with Crippen LogP contribution in [0.3, 0.4) is 0 Å². The number of imidazole rings is 1. The fraction of sp³-hybridized carbons (Fsp3) is 0.768. The average Bonchev–Trinajstić information content (AvgIpc) is 1.54. The van der Waals surface area contributed by atoms with Gasteiger partial charge in [0.2, 0.25) is 0 Å². The van der Waals surface area contributed by atoms with Crippen LogP contribution in [0.4, 0.5) is 0 Å². The number of hydrogen-bond acceptors (Lipinski definition) is 42. The second kappa shape index (κ2) is 75.5. The summed E-state index contributed by atoms with van der Waals surface area (Å²) < 4.78 is 105. The van der Waals surface area contributed by atoms with Gasteiger partial charge in [-0.3, -0.25) is 4.79 Å². The van der Waals surface area contributed by atoms with Gasteiger partial charge < -0.3 is 121 Å². The van der Waals surface area contributed by atoms with E-state index in [-0.39, 0.29) is 79.3 Å². The first-order valence-corrected chi connectivity index (χ1v) is 59.9. The number of nitrogens with zero attached hydrogens (tertiary/aromatic N) is 1. The van der Waals surface area contributed by atoms with Crippen LogP contribution in [0.5, 0.6) is 0 Å². The summed E-state index contributed by atoms with van der Waals surface area (Å²) in [5.41, 5.74) is 0. The number of carbonyl (C=O) groups is 18. The molecule has 0 spiro atoms. The van der Waals surface area contributed by atoms with Gasteiger partial charge in [0.25, 0.3) is 5.97 Å². The Hall–Kier alpha value is -8.18. The number of aliphatic hydroxyl groups excluding tert-OH is 1. The second-order valence-electron chi connectivity index (χ2n) is 38.0. The molecule has 1 aliphatic rings. The Morgan fingerprint density at radius 3 is 0.628 bits per heavy atom. The van der Waals surface area contributed by atoms with Gasteiger partial charge in [0.05, 0.1) is 39.4 Å². The number of cyclic esters (lactones) is 2. The van der Waals surface area contributed by atoms with Gasteiger partial charge in [-0.05, 0) is 218 Å². The third-order valence-electron chi connectivity index (χ3n) is 20.6. The Morgan fingerprint density at radius 1 is 0.352 bits per heavy atom. The van der Waals surface area contributed by atoms with E-state index in [1.807, 2.05) is 80.8 Å². The first-order chi connectivity index (χ1) is 64.8. The Labute approximate surface area is 891 Å². The maximum atomic E-state index is 12.4. The molecule has 0 aliphatic carbocycles. The molecule has 0 amide bonds. The van der Waals surface area contributed by atoms with Crippen molar-refractivity contribution in [2.75, 3.05) is 33.0 Å². The number of aromatic nitrogens is 2. The van der Waals surface area contributed by atoms with Crippen molar-refractivity contribution < 1.29 is 233 Å². The van der Waals surface area contributed by atoms with Gasteiger partial charge in [-0.1, -0.05) is 116 Å². The maximum Gasteiger partial charge on any atom is 1.00 e. The molecule has 1 aliphatic heterocycles. The van der Waals surface area contributed by atoms with E-state index in [0.29, 0.717) is 11.6 Å². The molecule has 1 aromatic rings. The van der Waals surface area contributed by atoms with Crippen molar-refractivity contribution >= 4 is 151 Å². The van der Waals surface area contributed by atoms with E-state index in [9.17, 15) is 91.4 Å². The summed E-state index contributed by atoms with van der Waals surface area (Å²) in [7, 11) is -8.03. The molecule has 0 bridgehead atoms. The number of aromatic amines is 1. The van der Waals surface area contributed by atoms with Gasteiger partial charge in [0, 0.05) is 12.4 Å². The number of nitrogens with one attached hydrogen (secondary N) is 1. The predicted molar refractivity (Wildman–Crippen MR) is 532 cm³/mol. The zero-order valence-corrected chi connectivity index (χ0v) is 99.6. The molecular formula is C95H171ClLi2N2O41Si4. The fourth-order valence-electron chi connectivity index (χ4n) is 7.65. The monoisotopic (exact) mass is 2160 g/mol. The number of ether oxygens (including phenoxy) is 18. The first kappa shape index (κ1) is 154. The average molecular weight is 2160 g/mol. The topological polar surface area (TPSA) is 573 Å². The van der Waals surface area contributed by atoms with Crippen LogP contribution in [0.2, 0.25) is 72.5 Å². The molecule has 1 aromatic heterocycles. The van der Waals surface area contributed by atoms with Crippen molar-refractivity contribution in [3.8, 4) is 0 Å². The van der Waals surface area contributed by atoms with Gasteiger partial charge in [-0.25, -0.2) is 86.5 Å². The van der Waals surface area contributed by atoms with Crippen molar-refractivity contribution in [3.63, 3.8) is 0 Å². The van der Waals surface area contributed by atoms with E-state index >= 15 is 0 Å². The minimum absolute atomic E-state index is 0. The second-order valence-corrected chi connectivity index (χ2v) is 59.6. The summed E-state index contributed by atoms with van der Waals surface area (Å²) >= 11 is 6.15. The van der Waals surface area contributed by atoms with Crippen LogP contribution in [0.1, 0.15) is 262 Å². The number of rotatable bonds is 39. The van der Waals surface area contributed by atoms with E-state index in [2.05, 4.69) is 97.4 Å². The number of aliphatic hydroxyl groups is 1. The van der Waals surface area contributed by atoms with E-state index < -0.39 is 250 Å². The molecule has 145 heavy (non-hydrogen) atoms. The van der Waals surface area contributed by atoms with Crippen molar-refractivity contribution in [2.45, 2.75) is 444 Å².